The Bertz CT molecular complexity index is 842. The molecule has 2 aromatic rings. The number of benzene rings is 2. The summed E-state index contributed by atoms with van der Waals surface area (Å²) < 4.78 is 0. The molecule has 1 fully saturated rings. The number of allylic oxidation sites excluding steroid dienone is 1. The molecule has 1 heterocycles. The zero-order valence-corrected chi connectivity index (χ0v) is 14.0. The molecule has 1 aliphatic carbocycles. The summed E-state index contributed by atoms with van der Waals surface area (Å²) in [5, 5.41) is 7.38. The number of nitrogens with one attached hydrogen (secondary N) is 1. The number of nitrogens with two attached hydrogens (primary N) is 1. The minimum atomic E-state index is -0.264. The molecule has 2 aliphatic rings. The van der Waals surface area contributed by atoms with Crippen LogP contribution in [0.15, 0.2) is 54.7 Å². The van der Waals surface area contributed by atoms with E-state index in [4.69, 9.17) is 11.1 Å². The fourth-order valence-electron chi connectivity index (χ4n) is 4.15. The molecule has 0 radical (unpaired) electrons. The third-order valence-corrected chi connectivity index (χ3v) is 5.54. The van der Waals surface area contributed by atoms with Crippen LogP contribution in [0.5, 0.6) is 0 Å². The van der Waals surface area contributed by atoms with E-state index in [1.54, 1.807) is 0 Å². The van der Waals surface area contributed by atoms with E-state index in [1.807, 2.05) is 29.2 Å². The molecular formula is C21H21N3O. The molecule has 2 aromatic carbocycles. The van der Waals surface area contributed by atoms with Gasteiger partial charge < -0.3 is 16.0 Å². The van der Waals surface area contributed by atoms with Gasteiger partial charge in [0.15, 0.2) is 0 Å². The van der Waals surface area contributed by atoms with Gasteiger partial charge in [0.1, 0.15) is 0 Å². The van der Waals surface area contributed by atoms with Crippen molar-refractivity contribution in [1.82, 2.24) is 0 Å². The second-order valence-electron chi connectivity index (χ2n) is 6.92. The van der Waals surface area contributed by atoms with Crippen LogP contribution in [-0.4, -0.2) is 18.7 Å². The Labute approximate surface area is 147 Å². The average Bonchev–Trinajstić information content (AvgIpc) is 3.17. The molecule has 0 aromatic heterocycles. The van der Waals surface area contributed by atoms with E-state index in [9.17, 15) is 4.79 Å². The largest absolute Gasteiger partial charge is 0.404 e. The van der Waals surface area contributed by atoms with E-state index >= 15 is 0 Å². The van der Waals surface area contributed by atoms with Gasteiger partial charge in [0.05, 0.1) is 5.41 Å². The van der Waals surface area contributed by atoms with Crippen molar-refractivity contribution in [3.05, 3.63) is 71.4 Å². The number of anilines is 1. The molecule has 126 valence electrons. The summed E-state index contributed by atoms with van der Waals surface area (Å²) in [5.41, 5.74) is 10.4. The van der Waals surface area contributed by atoms with Gasteiger partial charge in [0, 0.05) is 30.2 Å². The van der Waals surface area contributed by atoms with Crippen LogP contribution in [0.3, 0.4) is 0 Å². The number of carbonyl (C=O) groups excluding carboxylic acids is 1. The molecule has 1 saturated heterocycles. The van der Waals surface area contributed by atoms with Crippen LogP contribution < -0.4 is 10.6 Å². The molecule has 4 nitrogen and oxygen atoms in total. The summed E-state index contributed by atoms with van der Waals surface area (Å²) in [6, 6.07) is 16.1. The summed E-state index contributed by atoms with van der Waals surface area (Å²) in [6.45, 7) is 0.760. The number of rotatable bonds is 3. The summed E-state index contributed by atoms with van der Waals surface area (Å²) in [7, 11) is 0. The highest BCUT2D eigenvalue weighted by atomic mass is 16.2. The van der Waals surface area contributed by atoms with Gasteiger partial charge in [-0.3, -0.25) is 4.79 Å². The fraction of sp³-hybridized carbons (Fsp3) is 0.238. The van der Waals surface area contributed by atoms with E-state index in [1.165, 1.54) is 23.5 Å². The van der Waals surface area contributed by atoms with Gasteiger partial charge >= 0.3 is 0 Å². The lowest BCUT2D eigenvalue weighted by atomic mass is 9.83. The fourth-order valence-corrected chi connectivity index (χ4v) is 4.15. The Hall–Kier alpha value is -2.88. The Morgan fingerprint density at radius 2 is 1.72 bits per heavy atom. The monoisotopic (exact) mass is 331 g/mol. The summed E-state index contributed by atoms with van der Waals surface area (Å²) in [4.78, 5) is 15.1. The number of carbonyl (C=O) groups is 1. The number of hydrogen-bond donors (Lipinski definition) is 2. The van der Waals surface area contributed by atoms with Gasteiger partial charge in [0.25, 0.3) is 0 Å². The molecule has 0 bridgehead atoms. The van der Waals surface area contributed by atoms with E-state index in [2.05, 4.69) is 24.3 Å². The highest BCUT2D eigenvalue weighted by molar-refractivity contribution is 6.08. The van der Waals surface area contributed by atoms with Crippen LogP contribution in [0.25, 0.3) is 5.57 Å². The quantitative estimate of drug-likeness (QED) is 0.848. The highest BCUT2D eigenvalue weighted by Gasteiger charge is 2.50. The first-order valence-corrected chi connectivity index (χ1v) is 8.58. The standard InChI is InChI=1S/C21H21N3O/c22-13-18(14-23)15-5-7-19(8-6-15)24-10-9-21(20(24)25)11-16-3-1-2-4-17(16)12-21/h1-8,13-14,22H,9-12,23H2. The lowest BCUT2D eigenvalue weighted by molar-refractivity contribution is -0.125. The van der Waals surface area contributed by atoms with Crippen molar-refractivity contribution in [2.24, 2.45) is 11.1 Å². The van der Waals surface area contributed by atoms with Crippen molar-refractivity contribution >= 4 is 23.4 Å². The summed E-state index contributed by atoms with van der Waals surface area (Å²) in [6.07, 6.45) is 5.26. The van der Waals surface area contributed by atoms with Crippen LogP contribution in [0.1, 0.15) is 23.1 Å². The Balaban J connectivity index is 1.58. The van der Waals surface area contributed by atoms with Crippen LogP contribution in [0, 0.1) is 10.8 Å². The molecule has 0 unspecified atom stereocenters. The Kier molecular flexibility index (Phi) is 3.68. The number of amides is 1. The van der Waals surface area contributed by atoms with E-state index in [-0.39, 0.29) is 11.3 Å². The van der Waals surface area contributed by atoms with Gasteiger partial charge in [-0.05, 0) is 48.1 Å². The topological polar surface area (TPSA) is 70.2 Å². The van der Waals surface area contributed by atoms with Crippen LogP contribution in [0.4, 0.5) is 5.69 Å². The molecule has 0 saturated carbocycles. The molecule has 25 heavy (non-hydrogen) atoms. The second-order valence-corrected chi connectivity index (χ2v) is 6.92. The van der Waals surface area contributed by atoms with Crippen molar-refractivity contribution in [1.29, 1.82) is 5.41 Å². The van der Waals surface area contributed by atoms with Crippen LogP contribution >= 0.6 is 0 Å². The van der Waals surface area contributed by atoms with Crippen molar-refractivity contribution in [2.45, 2.75) is 19.3 Å². The minimum absolute atomic E-state index is 0.234. The predicted octanol–water partition coefficient (Wildman–Crippen LogP) is 3.16. The highest BCUT2D eigenvalue weighted by Crippen LogP contribution is 2.45. The van der Waals surface area contributed by atoms with E-state index in [0.29, 0.717) is 5.57 Å². The lowest BCUT2D eigenvalue weighted by Crippen LogP contribution is -2.35. The van der Waals surface area contributed by atoms with Crippen LogP contribution in [-0.2, 0) is 17.6 Å². The number of nitrogens with zero attached hydrogens (tertiary/aromatic N) is 1. The molecule has 4 rings (SSSR count). The van der Waals surface area contributed by atoms with Gasteiger partial charge in [-0.15, -0.1) is 0 Å². The molecule has 1 spiro atoms. The smallest absolute Gasteiger partial charge is 0.233 e. The maximum atomic E-state index is 13.2. The molecule has 4 heteroatoms. The maximum Gasteiger partial charge on any atom is 0.233 e. The zero-order chi connectivity index (χ0) is 17.4. The van der Waals surface area contributed by atoms with Gasteiger partial charge in [0.2, 0.25) is 5.91 Å². The van der Waals surface area contributed by atoms with Gasteiger partial charge in [-0.25, -0.2) is 0 Å². The molecular weight excluding hydrogens is 310 g/mol. The number of hydrogen-bond acceptors (Lipinski definition) is 3. The Morgan fingerprint density at radius 1 is 1.08 bits per heavy atom. The minimum Gasteiger partial charge on any atom is -0.404 e. The third kappa shape index (κ3) is 2.45. The van der Waals surface area contributed by atoms with E-state index in [0.717, 1.165) is 37.1 Å². The number of fused-ring (bicyclic) bond motifs is 1. The first-order chi connectivity index (χ1) is 12.2. The third-order valence-electron chi connectivity index (χ3n) is 5.54. The van der Waals surface area contributed by atoms with Gasteiger partial charge in [-0.2, -0.15) is 0 Å². The molecule has 3 N–H and O–H groups in total. The average molecular weight is 331 g/mol. The van der Waals surface area contributed by atoms with Crippen molar-refractivity contribution in [3.63, 3.8) is 0 Å². The predicted molar refractivity (Wildman–Crippen MR) is 101 cm³/mol. The van der Waals surface area contributed by atoms with Crippen LogP contribution in [0.2, 0.25) is 0 Å². The normalized spacial score (nSPS) is 18.6. The molecule has 1 aliphatic heterocycles. The summed E-state index contributed by atoms with van der Waals surface area (Å²) in [5.74, 6) is 0.234. The van der Waals surface area contributed by atoms with Crippen molar-refractivity contribution in [2.75, 3.05) is 11.4 Å². The van der Waals surface area contributed by atoms with Crippen molar-refractivity contribution < 1.29 is 4.79 Å². The first kappa shape index (κ1) is 15.6. The van der Waals surface area contributed by atoms with E-state index < -0.39 is 0 Å². The molecule has 0 atom stereocenters. The zero-order valence-electron chi connectivity index (χ0n) is 14.0. The Morgan fingerprint density at radius 3 is 2.28 bits per heavy atom. The second kappa shape index (κ2) is 5.88. The maximum absolute atomic E-state index is 13.2. The van der Waals surface area contributed by atoms with Crippen molar-refractivity contribution in [3.8, 4) is 0 Å². The lowest BCUT2D eigenvalue weighted by Gasteiger charge is -2.23. The summed E-state index contributed by atoms with van der Waals surface area (Å²) >= 11 is 0. The SMILES string of the molecule is N=CC(=CN)c1ccc(N2CCC3(Cc4ccccc4C3)C2=O)cc1. The first-order valence-electron chi connectivity index (χ1n) is 8.58. The molecule has 1 amide bonds. The van der Waals surface area contributed by atoms with Gasteiger partial charge in [-0.1, -0.05) is 36.4 Å².